The van der Waals surface area contributed by atoms with Gasteiger partial charge in [0.2, 0.25) is 0 Å². The van der Waals surface area contributed by atoms with Crippen molar-refractivity contribution in [2.75, 3.05) is 13.7 Å². The second-order valence-electron chi connectivity index (χ2n) is 3.98. The first-order chi connectivity index (χ1) is 7.72. The lowest BCUT2D eigenvalue weighted by molar-refractivity contribution is 0.0796. The van der Waals surface area contributed by atoms with E-state index in [9.17, 15) is 4.39 Å². The first-order valence-corrected chi connectivity index (χ1v) is 6.25. The summed E-state index contributed by atoms with van der Waals surface area (Å²) in [6.07, 6.45) is 2.12. The summed E-state index contributed by atoms with van der Waals surface area (Å²) in [6.45, 7) is 0.776. The molecule has 2 unspecified atom stereocenters. The zero-order valence-electron chi connectivity index (χ0n) is 9.17. The summed E-state index contributed by atoms with van der Waals surface area (Å²) in [5.74, 6) is -0.182. The molecule has 1 saturated heterocycles. The minimum Gasteiger partial charge on any atom is -0.376 e. The molecule has 4 heteroatoms. The van der Waals surface area contributed by atoms with Crippen molar-refractivity contribution in [3.8, 4) is 0 Å². The third-order valence-corrected chi connectivity index (χ3v) is 3.43. The highest BCUT2D eigenvalue weighted by Gasteiger charge is 2.28. The van der Waals surface area contributed by atoms with Crippen molar-refractivity contribution >= 4 is 15.9 Å². The Hall–Kier alpha value is -0.450. The van der Waals surface area contributed by atoms with Gasteiger partial charge >= 0.3 is 0 Å². The van der Waals surface area contributed by atoms with Crippen molar-refractivity contribution in [3.63, 3.8) is 0 Å². The van der Waals surface area contributed by atoms with Crippen LogP contribution in [0.3, 0.4) is 0 Å². The van der Waals surface area contributed by atoms with Gasteiger partial charge < -0.3 is 10.1 Å². The molecule has 0 spiro atoms. The molecule has 0 saturated carbocycles. The van der Waals surface area contributed by atoms with Crippen molar-refractivity contribution in [1.29, 1.82) is 0 Å². The summed E-state index contributed by atoms with van der Waals surface area (Å²) in [7, 11) is 1.84. The van der Waals surface area contributed by atoms with E-state index in [1.807, 2.05) is 13.1 Å². The first kappa shape index (κ1) is 12.0. The molecule has 1 aromatic carbocycles. The van der Waals surface area contributed by atoms with Crippen LogP contribution in [0.1, 0.15) is 24.4 Å². The van der Waals surface area contributed by atoms with Crippen LogP contribution < -0.4 is 5.32 Å². The summed E-state index contributed by atoms with van der Waals surface area (Å²) < 4.78 is 20.2. The maximum atomic E-state index is 13.7. The number of hydrogen-bond donors (Lipinski definition) is 1. The van der Waals surface area contributed by atoms with Crippen LogP contribution in [0.4, 0.5) is 4.39 Å². The van der Waals surface area contributed by atoms with Crippen LogP contribution in [-0.4, -0.2) is 19.8 Å². The van der Waals surface area contributed by atoms with Gasteiger partial charge in [-0.15, -0.1) is 0 Å². The molecule has 0 amide bonds. The molecule has 1 heterocycles. The molecule has 0 aliphatic carbocycles. The normalized spacial score (nSPS) is 22.3. The topological polar surface area (TPSA) is 21.3 Å². The monoisotopic (exact) mass is 287 g/mol. The Balaban J connectivity index is 2.28. The molecule has 0 radical (unpaired) electrons. The number of hydrogen-bond acceptors (Lipinski definition) is 2. The fourth-order valence-electron chi connectivity index (χ4n) is 2.16. The van der Waals surface area contributed by atoms with Gasteiger partial charge in [0.05, 0.1) is 12.1 Å². The Bertz CT molecular complexity index is 366. The molecule has 2 rings (SSSR count). The van der Waals surface area contributed by atoms with E-state index in [-0.39, 0.29) is 18.0 Å². The molecule has 2 atom stereocenters. The minimum atomic E-state index is -0.182. The Morgan fingerprint density at radius 2 is 2.38 bits per heavy atom. The highest BCUT2D eigenvalue weighted by molar-refractivity contribution is 9.10. The summed E-state index contributed by atoms with van der Waals surface area (Å²) in [5.41, 5.74) is 0.670. The summed E-state index contributed by atoms with van der Waals surface area (Å²) in [6, 6.07) is 4.94. The molecule has 1 aromatic rings. The van der Waals surface area contributed by atoms with E-state index in [1.54, 1.807) is 6.07 Å². The molecule has 88 valence electrons. The Morgan fingerprint density at radius 1 is 1.56 bits per heavy atom. The molecular weight excluding hydrogens is 273 g/mol. The highest BCUT2D eigenvalue weighted by atomic mass is 79.9. The second kappa shape index (κ2) is 5.25. The Kier molecular flexibility index (Phi) is 3.95. The predicted molar refractivity (Wildman–Crippen MR) is 64.9 cm³/mol. The molecule has 1 aliphatic heterocycles. The lowest BCUT2D eigenvalue weighted by Crippen LogP contribution is -2.29. The SMILES string of the molecule is CNC(c1cc(Br)ccc1F)C1CCCO1. The van der Waals surface area contributed by atoms with Gasteiger partial charge in [0.1, 0.15) is 5.82 Å². The van der Waals surface area contributed by atoms with Crippen LogP contribution in [0.5, 0.6) is 0 Å². The lowest BCUT2D eigenvalue weighted by Gasteiger charge is -2.23. The zero-order chi connectivity index (χ0) is 11.5. The van der Waals surface area contributed by atoms with E-state index in [4.69, 9.17) is 4.74 Å². The number of ether oxygens (including phenoxy) is 1. The number of likely N-dealkylation sites (N-methyl/N-ethyl adjacent to an activating group) is 1. The van der Waals surface area contributed by atoms with Crippen LogP contribution in [0, 0.1) is 5.82 Å². The Morgan fingerprint density at radius 3 is 3.00 bits per heavy atom. The van der Waals surface area contributed by atoms with Crippen LogP contribution in [-0.2, 0) is 4.74 Å². The average molecular weight is 288 g/mol. The van der Waals surface area contributed by atoms with Gasteiger partial charge in [-0.25, -0.2) is 4.39 Å². The molecule has 1 aliphatic rings. The van der Waals surface area contributed by atoms with Gasteiger partial charge in [-0.1, -0.05) is 15.9 Å². The van der Waals surface area contributed by atoms with Gasteiger partial charge in [-0.2, -0.15) is 0 Å². The van der Waals surface area contributed by atoms with Crippen LogP contribution in [0.15, 0.2) is 22.7 Å². The first-order valence-electron chi connectivity index (χ1n) is 5.46. The molecule has 0 aromatic heterocycles. The summed E-state index contributed by atoms with van der Waals surface area (Å²) in [5, 5.41) is 3.14. The maximum Gasteiger partial charge on any atom is 0.128 e. The van der Waals surface area contributed by atoms with Crippen LogP contribution in [0.25, 0.3) is 0 Å². The molecule has 0 bridgehead atoms. The molecular formula is C12H15BrFNO. The Labute approximate surface area is 103 Å². The van der Waals surface area contributed by atoms with E-state index in [2.05, 4.69) is 21.2 Å². The maximum absolute atomic E-state index is 13.7. The number of benzene rings is 1. The number of halogens is 2. The largest absolute Gasteiger partial charge is 0.376 e. The minimum absolute atomic E-state index is 0.0694. The van der Waals surface area contributed by atoms with Crippen LogP contribution in [0.2, 0.25) is 0 Å². The fourth-order valence-corrected chi connectivity index (χ4v) is 2.54. The number of nitrogens with one attached hydrogen (secondary N) is 1. The van der Waals surface area contributed by atoms with Crippen LogP contribution >= 0.6 is 15.9 Å². The van der Waals surface area contributed by atoms with E-state index >= 15 is 0 Å². The quantitative estimate of drug-likeness (QED) is 0.923. The average Bonchev–Trinajstić information content (AvgIpc) is 2.78. The highest BCUT2D eigenvalue weighted by Crippen LogP contribution is 2.29. The smallest absolute Gasteiger partial charge is 0.128 e. The van der Waals surface area contributed by atoms with Gasteiger partial charge in [0, 0.05) is 16.6 Å². The van der Waals surface area contributed by atoms with E-state index in [0.29, 0.717) is 5.56 Å². The van der Waals surface area contributed by atoms with Gasteiger partial charge in [-0.3, -0.25) is 0 Å². The molecule has 2 nitrogen and oxygen atoms in total. The van der Waals surface area contributed by atoms with E-state index < -0.39 is 0 Å². The summed E-state index contributed by atoms with van der Waals surface area (Å²) >= 11 is 3.37. The molecule has 1 N–H and O–H groups in total. The second-order valence-corrected chi connectivity index (χ2v) is 4.90. The zero-order valence-corrected chi connectivity index (χ0v) is 10.8. The number of rotatable bonds is 3. The van der Waals surface area contributed by atoms with Crippen molar-refractivity contribution in [2.24, 2.45) is 0 Å². The third kappa shape index (κ3) is 2.44. The van der Waals surface area contributed by atoms with Gasteiger partial charge in [-0.05, 0) is 38.1 Å². The van der Waals surface area contributed by atoms with Crippen molar-refractivity contribution in [2.45, 2.75) is 25.0 Å². The third-order valence-electron chi connectivity index (χ3n) is 2.94. The van der Waals surface area contributed by atoms with Gasteiger partial charge in [0.25, 0.3) is 0 Å². The predicted octanol–water partition coefficient (Wildman–Crippen LogP) is 3.03. The van der Waals surface area contributed by atoms with Crippen molar-refractivity contribution < 1.29 is 9.13 Å². The fraction of sp³-hybridized carbons (Fsp3) is 0.500. The lowest BCUT2D eigenvalue weighted by atomic mass is 9.99. The molecule has 16 heavy (non-hydrogen) atoms. The standard InChI is InChI=1S/C12H15BrFNO/c1-15-12(11-3-2-6-16-11)9-7-8(13)4-5-10(9)14/h4-5,7,11-12,15H,2-3,6H2,1H3. The van der Waals surface area contributed by atoms with E-state index in [1.165, 1.54) is 6.07 Å². The van der Waals surface area contributed by atoms with Crippen molar-refractivity contribution in [3.05, 3.63) is 34.1 Å². The van der Waals surface area contributed by atoms with E-state index in [0.717, 1.165) is 23.9 Å². The van der Waals surface area contributed by atoms with Crippen molar-refractivity contribution in [1.82, 2.24) is 5.32 Å². The van der Waals surface area contributed by atoms with Gasteiger partial charge in [0.15, 0.2) is 0 Å². The molecule has 1 fully saturated rings. The summed E-state index contributed by atoms with van der Waals surface area (Å²) in [4.78, 5) is 0.